The molecule has 5 N–H and O–H groups in total. The molecule has 0 saturated carbocycles. The summed E-state index contributed by atoms with van der Waals surface area (Å²) >= 11 is 0. The molecular formula is C19H21O11-. The molecule has 0 bridgehead atoms. The fourth-order valence-corrected chi connectivity index (χ4v) is 3.35. The second kappa shape index (κ2) is 8.30. The van der Waals surface area contributed by atoms with Gasteiger partial charge >= 0.3 is 5.63 Å². The zero-order chi connectivity index (χ0) is 22.2. The molecule has 1 saturated heterocycles. The Morgan fingerprint density at radius 1 is 1.33 bits per heavy atom. The van der Waals surface area contributed by atoms with Crippen molar-refractivity contribution in [1.82, 2.24) is 0 Å². The van der Waals surface area contributed by atoms with Gasteiger partial charge in [-0.15, -0.1) is 0 Å². The predicted molar refractivity (Wildman–Crippen MR) is 96.2 cm³/mol. The first-order valence-electron chi connectivity index (χ1n) is 9.04. The summed E-state index contributed by atoms with van der Waals surface area (Å²) < 4.78 is 15.8. The lowest BCUT2D eigenvalue weighted by Gasteiger charge is -2.47. The number of aryl methyl sites for hydroxylation is 1. The van der Waals surface area contributed by atoms with Crippen LogP contribution in [-0.4, -0.2) is 74.4 Å². The van der Waals surface area contributed by atoms with E-state index in [2.05, 4.69) is 0 Å². The van der Waals surface area contributed by atoms with Gasteiger partial charge in [0.05, 0.1) is 12.7 Å². The summed E-state index contributed by atoms with van der Waals surface area (Å²) in [7, 11) is 0. The van der Waals surface area contributed by atoms with Gasteiger partial charge in [-0.3, -0.25) is 0 Å². The van der Waals surface area contributed by atoms with Gasteiger partial charge in [0.2, 0.25) is 0 Å². The van der Waals surface area contributed by atoms with E-state index in [-0.39, 0.29) is 11.3 Å². The van der Waals surface area contributed by atoms with Gasteiger partial charge in [0, 0.05) is 23.9 Å². The number of aliphatic hydroxyl groups is 5. The number of aliphatic hydroxyl groups excluding tert-OH is 5. The molecule has 1 aliphatic rings. The van der Waals surface area contributed by atoms with E-state index in [1.54, 1.807) is 6.92 Å². The van der Waals surface area contributed by atoms with Gasteiger partial charge in [0.15, 0.2) is 0 Å². The maximum absolute atomic E-state index is 11.9. The number of benzene rings is 1. The number of ether oxygens (including phenoxy) is 2. The molecule has 0 aliphatic carbocycles. The smallest absolute Gasteiger partial charge is 0.336 e. The minimum absolute atomic E-state index is 0.106. The Morgan fingerprint density at radius 3 is 2.67 bits per heavy atom. The molecular weight excluding hydrogens is 404 g/mol. The predicted octanol–water partition coefficient (Wildman–Crippen LogP) is -2.85. The zero-order valence-electron chi connectivity index (χ0n) is 15.8. The van der Waals surface area contributed by atoms with E-state index in [1.807, 2.05) is 0 Å². The highest BCUT2D eigenvalue weighted by Gasteiger charge is 2.52. The highest BCUT2D eigenvalue weighted by atomic mass is 16.7. The fraction of sp³-hybridized carbons (Fsp3) is 0.474. The standard InChI is InChI=1S/C19H22O11/c1-8-4-14(23)28-13-5-9(2-3-10(8)13)29-19(18(26)27)6-11(21)15(24)17(30-19)16(25)12(22)7-20/h2-5,11-12,15-17,20-22,24-25H,6-7H2,1H3,(H,26,27)/p-1/t11-,12+,15+,16+,17+,19+/m0/s1. The first-order chi connectivity index (χ1) is 14.1. The quantitative estimate of drug-likeness (QED) is 0.299. The van der Waals surface area contributed by atoms with Crippen molar-refractivity contribution in [3.63, 3.8) is 0 Å². The topological polar surface area (TPSA) is 190 Å². The van der Waals surface area contributed by atoms with Crippen LogP contribution in [0.1, 0.15) is 12.0 Å². The second-order valence-electron chi connectivity index (χ2n) is 7.13. The molecule has 1 aliphatic heterocycles. The van der Waals surface area contributed by atoms with E-state index in [9.17, 15) is 35.1 Å². The molecule has 0 unspecified atom stereocenters. The van der Waals surface area contributed by atoms with Gasteiger partial charge in [0.25, 0.3) is 5.79 Å². The molecule has 1 fully saturated rings. The SMILES string of the molecule is Cc1cc(=O)oc2cc(O[C@]3(C(=O)[O-])C[C@H](O)[C@@H](O)[C@H]([C@H](O)[C@H](O)CO)O3)ccc12. The summed E-state index contributed by atoms with van der Waals surface area (Å²) in [6.07, 6.45) is -9.84. The third kappa shape index (κ3) is 4.03. The molecule has 1 aromatic carbocycles. The van der Waals surface area contributed by atoms with E-state index in [4.69, 9.17) is 19.0 Å². The lowest BCUT2D eigenvalue weighted by Crippen LogP contribution is -2.67. The first kappa shape index (κ1) is 22.2. The summed E-state index contributed by atoms with van der Waals surface area (Å²) in [6.45, 7) is 0.773. The van der Waals surface area contributed by atoms with Crippen molar-refractivity contribution in [1.29, 1.82) is 0 Å². The Labute approximate surface area is 169 Å². The third-order valence-electron chi connectivity index (χ3n) is 4.97. The van der Waals surface area contributed by atoms with E-state index in [1.165, 1.54) is 24.3 Å². The number of hydrogen-bond acceptors (Lipinski definition) is 11. The van der Waals surface area contributed by atoms with Gasteiger partial charge in [-0.2, -0.15) is 0 Å². The van der Waals surface area contributed by atoms with Crippen LogP contribution in [0.2, 0.25) is 0 Å². The van der Waals surface area contributed by atoms with E-state index in [0.717, 1.165) is 0 Å². The molecule has 0 amide bonds. The fourth-order valence-electron chi connectivity index (χ4n) is 3.35. The molecule has 2 heterocycles. The summed E-state index contributed by atoms with van der Waals surface area (Å²) in [5.74, 6) is -4.70. The summed E-state index contributed by atoms with van der Waals surface area (Å²) in [5.41, 5.74) is 0.103. The molecule has 0 spiro atoms. The van der Waals surface area contributed by atoms with Crippen molar-refractivity contribution in [2.75, 3.05) is 6.61 Å². The van der Waals surface area contributed by atoms with Crippen molar-refractivity contribution in [3.05, 3.63) is 40.2 Å². The van der Waals surface area contributed by atoms with Crippen LogP contribution in [0, 0.1) is 6.92 Å². The molecule has 11 heteroatoms. The number of carboxylic acid groups (broad SMARTS) is 1. The Hall–Kier alpha value is -2.54. The summed E-state index contributed by atoms with van der Waals surface area (Å²) in [6, 6.07) is 5.41. The summed E-state index contributed by atoms with van der Waals surface area (Å²) in [5, 5.41) is 61.4. The van der Waals surface area contributed by atoms with Crippen LogP contribution in [0.4, 0.5) is 0 Å². The largest absolute Gasteiger partial charge is 0.543 e. The number of carbonyl (C=O) groups excluding carboxylic acids is 1. The molecule has 30 heavy (non-hydrogen) atoms. The third-order valence-corrected chi connectivity index (χ3v) is 4.97. The molecule has 3 rings (SSSR count). The van der Waals surface area contributed by atoms with E-state index < -0.39 is 60.9 Å². The average Bonchev–Trinajstić information content (AvgIpc) is 2.68. The Bertz CT molecular complexity index is 986. The minimum atomic E-state index is -2.66. The number of aliphatic carboxylic acids is 1. The van der Waals surface area contributed by atoms with Gasteiger partial charge in [0.1, 0.15) is 41.7 Å². The average molecular weight is 425 g/mol. The number of hydrogen-bond donors (Lipinski definition) is 5. The number of carboxylic acids is 1. The normalized spacial score (nSPS) is 28.8. The maximum Gasteiger partial charge on any atom is 0.336 e. The van der Waals surface area contributed by atoms with Crippen molar-refractivity contribution >= 4 is 16.9 Å². The molecule has 164 valence electrons. The van der Waals surface area contributed by atoms with Gasteiger partial charge in [-0.05, 0) is 24.6 Å². The molecule has 0 radical (unpaired) electrons. The Kier molecular flexibility index (Phi) is 6.13. The Balaban J connectivity index is 1.99. The monoisotopic (exact) mass is 425 g/mol. The Morgan fingerprint density at radius 2 is 2.03 bits per heavy atom. The van der Waals surface area contributed by atoms with Crippen molar-refractivity contribution in [2.45, 2.75) is 49.7 Å². The van der Waals surface area contributed by atoms with Gasteiger partial charge < -0.3 is 49.3 Å². The highest BCUT2D eigenvalue weighted by Crippen LogP contribution is 2.35. The van der Waals surface area contributed by atoms with Gasteiger partial charge in [-0.25, -0.2) is 4.79 Å². The maximum atomic E-state index is 11.9. The lowest BCUT2D eigenvalue weighted by atomic mass is 9.90. The molecule has 11 nitrogen and oxygen atoms in total. The lowest BCUT2D eigenvalue weighted by molar-refractivity contribution is -0.373. The van der Waals surface area contributed by atoms with Crippen molar-refractivity contribution in [2.24, 2.45) is 0 Å². The van der Waals surface area contributed by atoms with E-state index in [0.29, 0.717) is 10.9 Å². The van der Waals surface area contributed by atoms with Crippen LogP contribution >= 0.6 is 0 Å². The minimum Gasteiger partial charge on any atom is -0.543 e. The number of fused-ring (bicyclic) bond motifs is 1. The zero-order valence-corrected chi connectivity index (χ0v) is 15.8. The van der Waals surface area contributed by atoms with Crippen LogP contribution in [0.15, 0.2) is 33.5 Å². The van der Waals surface area contributed by atoms with E-state index >= 15 is 0 Å². The van der Waals surface area contributed by atoms with Crippen LogP contribution < -0.4 is 15.5 Å². The molecule has 2 aromatic rings. The van der Waals surface area contributed by atoms with Crippen LogP contribution in [0.3, 0.4) is 0 Å². The van der Waals surface area contributed by atoms with Crippen LogP contribution in [0.25, 0.3) is 11.0 Å². The van der Waals surface area contributed by atoms with Crippen molar-refractivity contribution < 1.29 is 49.3 Å². The van der Waals surface area contributed by atoms with Crippen LogP contribution in [0.5, 0.6) is 5.75 Å². The van der Waals surface area contributed by atoms with Crippen LogP contribution in [-0.2, 0) is 9.53 Å². The summed E-state index contributed by atoms with van der Waals surface area (Å²) in [4.78, 5) is 23.5. The number of rotatable bonds is 6. The molecule has 6 atom stereocenters. The van der Waals surface area contributed by atoms with Crippen molar-refractivity contribution in [3.8, 4) is 5.75 Å². The highest BCUT2D eigenvalue weighted by molar-refractivity contribution is 5.81. The number of carbonyl (C=O) groups is 1. The van der Waals surface area contributed by atoms with Gasteiger partial charge in [-0.1, -0.05) is 0 Å². The second-order valence-corrected chi connectivity index (χ2v) is 7.13. The first-order valence-corrected chi connectivity index (χ1v) is 9.04. The molecule has 1 aromatic heterocycles.